The van der Waals surface area contributed by atoms with Crippen molar-refractivity contribution in [3.8, 4) is 6.07 Å². The Bertz CT molecular complexity index is 866. The average molecular weight is 340 g/mol. The van der Waals surface area contributed by atoms with Crippen molar-refractivity contribution in [2.24, 2.45) is 5.92 Å². The van der Waals surface area contributed by atoms with Gasteiger partial charge in [-0.1, -0.05) is 19.1 Å². The quantitative estimate of drug-likeness (QED) is 0.706. The molecule has 1 unspecified atom stereocenters. The highest BCUT2D eigenvalue weighted by Crippen LogP contribution is 2.09. The Morgan fingerprint density at radius 2 is 2.12 bits per heavy atom. The predicted octanol–water partition coefficient (Wildman–Crippen LogP) is 1.48. The van der Waals surface area contributed by atoms with Gasteiger partial charge in [-0.2, -0.15) is 5.26 Å². The maximum atomic E-state index is 12.1. The molecule has 25 heavy (non-hydrogen) atoms. The number of hydrogen-bond donors (Lipinski definition) is 2. The SMILES string of the molecule is CCCNC(=O)C(C#N)C(=O)CCCc1nc2ccccc2c(=O)[nH]1. The molecule has 0 spiro atoms. The summed E-state index contributed by atoms with van der Waals surface area (Å²) in [6.07, 6.45) is 1.60. The summed E-state index contributed by atoms with van der Waals surface area (Å²) in [5, 5.41) is 12.1. The molecule has 1 heterocycles. The Labute approximate surface area is 145 Å². The van der Waals surface area contributed by atoms with Gasteiger partial charge in [-0.05, 0) is 25.0 Å². The lowest BCUT2D eigenvalue weighted by molar-refractivity contribution is -0.131. The Morgan fingerprint density at radius 3 is 2.84 bits per heavy atom. The molecule has 1 atom stereocenters. The van der Waals surface area contributed by atoms with Crippen LogP contribution in [0.2, 0.25) is 0 Å². The second-order valence-electron chi connectivity index (χ2n) is 5.70. The zero-order chi connectivity index (χ0) is 18.2. The number of H-pyrrole nitrogens is 1. The van der Waals surface area contributed by atoms with Gasteiger partial charge >= 0.3 is 0 Å². The number of aromatic amines is 1. The molecule has 2 N–H and O–H groups in total. The highest BCUT2D eigenvalue weighted by Gasteiger charge is 2.25. The molecule has 0 saturated carbocycles. The molecule has 0 aliphatic heterocycles. The fourth-order valence-corrected chi connectivity index (χ4v) is 2.45. The van der Waals surface area contributed by atoms with Crippen LogP contribution in [0.1, 0.15) is 32.0 Å². The number of aryl methyl sites for hydroxylation is 1. The number of benzene rings is 1. The van der Waals surface area contributed by atoms with Crippen molar-refractivity contribution in [1.82, 2.24) is 15.3 Å². The van der Waals surface area contributed by atoms with Crippen molar-refractivity contribution in [3.05, 3.63) is 40.4 Å². The standard InChI is InChI=1S/C18H20N4O3/c1-2-10-20-17(24)13(11-19)15(23)8-5-9-16-21-14-7-4-3-6-12(14)18(25)22-16/h3-4,6-7,13H,2,5,8-10H2,1H3,(H,20,24)(H,21,22,25). The molecule has 2 aromatic rings. The maximum absolute atomic E-state index is 12.1. The van der Waals surface area contributed by atoms with Crippen LogP contribution in [-0.4, -0.2) is 28.2 Å². The van der Waals surface area contributed by atoms with Gasteiger partial charge in [0.25, 0.3) is 5.56 Å². The van der Waals surface area contributed by atoms with Crippen molar-refractivity contribution in [3.63, 3.8) is 0 Å². The summed E-state index contributed by atoms with van der Waals surface area (Å²) in [7, 11) is 0. The van der Waals surface area contributed by atoms with E-state index in [9.17, 15) is 14.4 Å². The third-order valence-corrected chi connectivity index (χ3v) is 3.76. The van der Waals surface area contributed by atoms with Crippen molar-refractivity contribution in [1.29, 1.82) is 5.26 Å². The minimum atomic E-state index is -1.28. The number of rotatable bonds is 8. The highest BCUT2D eigenvalue weighted by molar-refractivity contribution is 6.03. The van der Waals surface area contributed by atoms with E-state index in [-0.39, 0.29) is 12.0 Å². The van der Waals surface area contributed by atoms with Gasteiger partial charge in [-0.25, -0.2) is 4.98 Å². The topological polar surface area (TPSA) is 116 Å². The number of ketones is 1. The Hall–Kier alpha value is -3.01. The summed E-state index contributed by atoms with van der Waals surface area (Å²) < 4.78 is 0. The molecule has 1 aromatic heterocycles. The van der Waals surface area contributed by atoms with E-state index in [2.05, 4.69) is 15.3 Å². The fraction of sp³-hybridized carbons (Fsp3) is 0.389. The minimum absolute atomic E-state index is 0.0777. The number of amides is 1. The molecule has 1 amide bonds. The first-order valence-corrected chi connectivity index (χ1v) is 8.24. The number of nitrogens with zero attached hydrogens (tertiary/aromatic N) is 2. The molecule has 0 aliphatic carbocycles. The van der Waals surface area contributed by atoms with Crippen molar-refractivity contribution < 1.29 is 9.59 Å². The van der Waals surface area contributed by atoms with Crippen LogP contribution in [0.4, 0.5) is 0 Å². The van der Waals surface area contributed by atoms with Gasteiger partial charge < -0.3 is 10.3 Å². The number of hydrogen-bond acceptors (Lipinski definition) is 5. The van der Waals surface area contributed by atoms with Crippen LogP contribution >= 0.6 is 0 Å². The Balaban J connectivity index is 1.96. The van der Waals surface area contributed by atoms with E-state index in [1.54, 1.807) is 30.3 Å². The van der Waals surface area contributed by atoms with Crippen molar-refractivity contribution in [2.75, 3.05) is 6.54 Å². The van der Waals surface area contributed by atoms with E-state index < -0.39 is 17.6 Å². The maximum Gasteiger partial charge on any atom is 0.258 e. The van der Waals surface area contributed by atoms with Gasteiger partial charge in [0, 0.05) is 19.4 Å². The van der Waals surface area contributed by atoms with Crippen LogP contribution in [0, 0.1) is 17.2 Å². The van der Waals surface area contributed by atoms with Crippen LogP contribution < -0.4 is 10.9 Å². The van der Waals surface area contributed by atoms with E-state index in [0.717, 1.165) is 6.42 Å². The van der Waals surface area contributed by atoms with E-state index in [1.165, 1.54) is 0 Å². The van der Waals surface area contributed by atoms with Gasteiger partial charge in [-0.3, -0.25) is 14.4 Å². The minimum Gasteiger partial charge on any atom is -0.355 e. The monoisotopic (exact) mass is 340 g/mol. The second-order valence-corrected chi connectivity index (χ2v) is 5.70. The molecular formula is C18H20N4O3. The molecule has 130 valence electrons. The van der Waals surface area contributed by atoms with Crippen molar-refractivity contribution in [2.45, 2.75) is 32.6 Å². The summed E-state index contributed by atoms with van der Waals surface area (Å²) in [5.41, 5.74) is 0.377. The van der Waals surface area contributed by atoms with E-state index >= 15 is 0 Å². The number of para-hydroxylation sites is 1. The molecule has 0 fully saturated rings. The average Bonchev–Trinajstić information content (AvgIpc) is 2.60. The first kappa shape index (κ1) is 18.3. The van der Waals surface area contributed by atoms with Gasteiger partial charge in [-0.15, -0.1) is 0 Å². The molecule has 0 bridgehead atoms. The number of nitriles is 1. The van der Waals surface area contributed by atoms with Gasteiger partial charge in [0.05, 0.1) is 17.0 Å². The number of aromatic nitrogens is 2. The molecule has 2 rings (SSSR count). The largest absolute Gasteiger partial charge is 0.355 e. The zero-order valence-corrected chi connectivity index (χ0v) is 14.0. The summed E-state index contributed by atoms with van der Waals surface area (Å²) in [5.74, 6) is -1.76. The molecule has 1 aromatic carbocycles. The fourth-order valence-electron chi connectivity index (χ4n) is 2.45. The van der Waals surface area contributed by atoms with Gasteiger partial charge in [0.1, 0.15) is 5.82 Å². The molecule has 0 saturated heterocycles. The highest BCUT2D eigenvalue weighted by atomic mass is 16.2. The summed E-state index contributed by atoms with van der Waals surface area (Å²) in [6.45, 7) is 2.33. The predicted molar refractivity (Wildman–Crippen MR) is 92.7 cm³/mol. The van der Waals surface area contributed by atoms with Crippen LogP contribution in [0.3, 0.4) is 0 Å². The number of fused-ring (bicyclic) bond motifs is 1. The molecule has 0 radical (unpaired) electrons. The van der Waals surface area contributed by atoms with Crippen LogP contribution in [-0.2, 0) is 16.0 Å². The Kier molecular flexibility index (Phi) is 6.40. The van der Waals surface area contributed by atoms with Gasteiger partial charge in [0.15, 0.2) is 11.7 Å². The van der Waals surface area contributed by atoms with Crippen LogP contribution in [0.25, 0.3) is 10.9 Å². The summed E-state index contributed by atoms with van der Waals surface area (Å²) >= 11 is 0. The first-order chi connectivity index (χ1) is 12.1. The molecule has 7 nitrogen and oxygen atoms in total. The summed E-state index contributed by atoms with van der Waals surface area (Å²) in [6, 6.07) is 8.77. The normalized spacial score (nSPS) is 11.7. The van der Waals surface area contributed by atoms with E-state index in [1.807, 2.05) is 6.92 Å². The summed E-state index contributed by atoms with van der Waals surface area (Å²) in [4.78, 5) is 42.9. The molecule has 7 heteroatoms. The third kappa shape index (κ3) is 4.73. The number of Topliss-reactive ketones (excluding diaryl/α,β-unsaturated/α-hetero) is 1. The van der Waals surface area contributed by atoms with Crippen LogP contribution in [0.5, 0.6) is 0 Å². The van der Waals surface area contributed by atoms with Crippen molar-refractivity contribution >= 4 is 22.6 Å². The number of nitrogens with one attached hydrogen (secondary N) is 2. The molecular weight excluding hydrogens is 320 g/mol. The second kappa shape index (κ2) is 8.73. The molecule has 0 aliphatic rings. The van der Waals surface area contributed by atoms with E-state index in [0.29, 0.717) is 36.1 Å². The first-order valence-electron chi connectivity index (χ1n) is 8.24. The lowest BCUT2D eigenvalue weighted by Gasteiger charge is -2.08. The lowest BCUT2D eigenvalue weighted by Crippen LogP contribution is -2.35. The third-order valence-electron chi connectivity index (χ3n) is 3.76. The Morgan fingerprint density at radius 1 is 1.36 bits per heavy atom. The number of carbonyl (C=O) groups excluding carboxylic acids is 2. The van der Waals surface area contributed by atoms with Gasteiger partial charge in [0.2, 0.25) is 5.91 Å². The van der Waals surface area contributed by atoms with E-state index in [4.69, 9.17) is 5.26 Å². The van der Waals surface area contributed by atoms with Crippen LogP contribution in [0.15, 0.2) is 29.1 Å². The smallest absolute Gasteiger partial charge is 0.258 e. The lowest BCUT2D eigenvalue weighted by atomic mass is 10.00. The number of carbonyl (C=O) groups is 2. The zero-order valence-electron chi connectivity index (χ0n) is 14.0.